The molecule has 0 saturated heterocycles. The first kappa shape index (κ1) is 15.3. The number of rotatable bonds is 4. The summed E-state index contributed by atoms with van der Waals surface area (Å²) in [6, 6.07) is 3.58. The van der Waals surface area contributed by atoms with Crippen LogP contribution in [0.4, 0.5) is 11.4 Å². The molecule has 0 radical (unpaired) electrons. The van der Waals surface area contributed by atoms with Crippen LogP contribution in [0.2, 0.25) is 0 Å². The van der Waals surface area contributed by atoms with E-state index in [1.54, 1.807) is 26.2 Å². The maximum absolute atomic E-state index is 11.0. The normalized spacial score (nSPS) is 22.6. The summed E-state index contributed by atoms with van der Waals surface area (Å²) in [5.74, 6) is 0. The van der Waals surface area contributed by atoms with Crippen LogP contribution in [0.5, 0.6) is 0 Å². The highest BCUT2D eigenvalue weighted by Crippen LogP contribution is 2.33. The highest BCUT2D eigenvalue weighted by Gasteiger charge is 2.26. The molecule has 0 amide bonds. The molecule has 0 bridgehead atoms. The molecule has 2 unspecified atom stereocenters. The van der Waals surface area contributed by atoms with Gasteiger partial charge in [0, 0.05) is 23.2 Å². The SMILES string of the molecule is COC1CCCCC1Nc1cc([N+](=O)[O-])c(C)cc1Br. The molecule has 1 aliphatic rings. The molecule has 0 aliphatic heterocycles. The number of hydrogen-bond donors (Lipinski definition) is 1. The number of benzene rings is 1. The van der Waals surface area contributed by atoms with Gasteiger partial charge in [-0.15, -0.1) is 0 Å². The first-order chi connectivity index (χ1) is 9.52. The smallest absolute Gasteiger partial charge is 0.274 e. The Bertz CT molecular complexity index is 507. The first-order valence-corrected chi connectivity index (χ1v) is 7.56. The minimum atomic E-state index is -0.346. The fraction of sp³-hybridized carbons (Fsp3) is 0.571. The van der Waals surface area contributed by atoms with Crippen molar-refractivity contribution in [2.24, 2.45) is 0 Å². The van der Waals surface area contributed by atoms with E-state index in [4.69, 9.17) is 4.74 Å². The van der Waals surface area contributed by atoms with E-state index in [0.29, 0.717) is 5.56 Å². The maximum atomic E-state index is 11.0. The number of nitrogens with one attached hydrogen (secondary N) is 1. The quantitative estimate of drug-likeness (QED) is 0.662. The number of nitro benzene ring substituents is 1. The molecule has 2 rings (SSSR count). The summed E-state index contributed by atoms with van der Waals surface area (Å²) in [6.45, 7) is 1.74. The Morgan fingerprint density at radius 1 is 1.40 bits per heavy atom. The second-order valence-electron chi connectivity index (χ2n) is 5.19. The molecule has 1 aromatic rings. The predicted octanol–water partition coefficient (Wildman–Crippen LogP) is 4.04. The minimum Gasteiger partial charge on any atom is -0.379 e. The highest BCUT2D eigenvalue weighted by molar-refractivity contribution is 9.10. The number of methoxy groups -OCH3 is 1. The third kappa shape index (κ3) is 3.30. The first-order valence-electron chi connectivity index (χ1n) is 6.76. The van der Waals surface area contributed by atoms with Crippen molar-refractivity contribution >= 4 is 27.3 Å². The van der Waals surface area contributed by atoms with E-state index in [-0.39, 0.29) is 22.8 Å². The van der Waals surface area contributed by atoms with Crippen molar-refractivity contribution in [3.05, 3.63) is 32.3 Å². The zero-order valence-corrected chi connectivity index (χ0v) is 13.3. The lowest BCUT2D eigenvalue weighted by molar-refractivity contribution is -0.385. The molecule has 0 spiro atoms. The fourth-order valence-corrected chi connectivity index (χ4v) is 3.28. The Hall–Kier alpha value is -1.14. The molecule has 1 saturated carbocycles. The monoisotopic (exact) mass is 342 g/mol. The van der Waals surface area contributed by atoms with Gasteiger partial charge >= 0.3 is 0 Å². The number of aryl methyl sites for hydroxylation is 1. The van der Waals surface area contributed by atoms with Gasteiger partial charge in [-0.2, -0.15) is 0 Å². The molecule has 1 aliphatic carbocycles. The zero-order chi connectivity index (χ0) is 14.7. The van der Waals surface area contributed by atoms with Crippen molar-refractivity contribution in [3.8, 4) is 0 Å². The van der Waals surface area contributed by atoms with Crippen LogP contribution in [0, 0.1) is 17.0 Å². The molecule has 6 heteroatoms. The van der Waals surface area contributed by atoms with Gasteiger partial charge in [-0.05, 0) is 41.8 Å². The molecular formula is C14H19BrN2O3. The molecule has 110 valence electrons. The molecule has 1 N–H and O–H groups in total. The van der Waals surface area contributed by atoms with Crippen LogP contribution >= 0.6 is 15.9 Å². The summed E-state index contributed by atoms with van der Waals surface area (Å²) >= 11 is 3.47. The van der Waals surface area contributed by atoms with Crippen molar-refractivity contribution in [2.45, 2.75) is 44.8 Å². The lowest BCUT2D eigenvalue weighted by Crippen LogP contribution is -2.37. The van der Waals surface area contributed by atoms with Gasteiger partial charge in [0.15, 0.2) is 0 Å². The third-order valence-electron chi connectivity index (χ3n) is 3.83. The molecule has 5 nitrogen and oxygen atoms in total. The number of anilines is 1. The fourth-order valence-electron chi connectivity index (χ4n) is 2.71. The number of nitro groups is 1. The Morgan fingerprint density at radius 3 is 2.75 bits per heavy atom. The van der Waals surface area contributed by atoms with E-state index in [9.17, 15) is 10.1 Å². The second-order valence-corrected chi connectivity index (χ2v) is 6.04. The predicted molar refractivity (Wildman–Crippen MR) is 82.2 cm³/mol. The maximum Gasteiger partial charge on any atom is 0.274 e. The van der Waals surface area contributed by atoms with Crippen molar-refractivity contribution in [1.82, 2.24) is 0 Å². The number of hydrogen-bond acceptors (Lipinski definition) is 4. The Balaban J connectivity index is 2.23. The van der Waals surface area contributed by atoms with Crippen LogP contribution in [0.1, 0.15) is 31.2 Å². The van der Waals surface area contributed by atoms with Crippen LogP contribution < -0.4 is 5.32 Å². The molecular weight excluding hydrogens is 324 g/mol. The third-order valence-corrected chi connectivity index (χ3v) is 4.48. The standard InChI is InChI=1S/C14H19BrN2O3/c1-9-7-10(15)12(8-13(9)17(18)19)16-11-5-3-4-6-14(11)20-2/h7-8,11,14,16H,3-6H2,1-2H3. The van der Waals surface area contributed by atoms with Gasteiger partial charge in [0.05, 0.1) is 22.8 Å². The van der Waals surface area contributed by atoms with Crippen molar-refractivity contribution in [1.29, 1.82) is 0 Å². The highest BCUT2D eigenvalue weighted by atomic mass is 79.9. The summed E-state index contributed by atoms with van der Waals surface area (Å²) in [5.41, 5.74) is 1.55. The Labute approximate surface area is 127 Å². The van der Waals surface area contributed by atoms with Crippen LogP contribution in [-0.2, 0) is 4.74 Å². The van der Waals surface area contributed by atoms with Crippen LogP contribution in [0.15, 0.2) is 16.6 Å². The van der Waals surface area contributed by atoms with Gasteiger partial charge in [0.2, 0.25) is 0 Å². The van der Waals surface area contributed by atoms with Crippen LogP contribution in [0.25, 0.3) is 0 Å². The minimum absolute atomic E-state index is 0.139. The summed E-state index contributed by atoms with van der Waals surface area (Å²) < 4.78 is 6.35. The van der Waals surface area contributed by atoms with Gasteiger partial charge in [-0.1, -0.05) is 12.8 Å². The van der Waals surface area contributed by atoms with E-state index in [2.05, 4.69) is 21.2 Å². The number of ether oxygens (including phenoxy) is 1. The molecule has 0 heterocycles. The van der Waals surface area contributed by atoms with Gasteiger partial charge in [-0.25, -0.2) is 0 Å². The van der Waals surface area contributed by atoms with Gasteiger partial charge in [0.25, 0.3) is 5.69 Å². The Morgan fingerprint density at radius 2 is 2.10 bits per heavy atom. The van der Waals surface area contributed by atoms with Crippen molar-refractivity contribution in [3.63, 3.8) is 0 Å². The lowest BCUT2D eigenvalue weighted by atomic mass is 9.92. The van der Waals surface area contributed by atoms with Crippen LogP contribution in [-0.4, -0.2) is 24.2 Å². The van der Waals surface area contributed by atoms with E-state index >= 15 is 0 Å². The second kappa shape index (κ2) is 6.54. The molecule has 1 fully saturated rings. The summed E-state index contributed by atoms with van der Waals surface area (Å²) in [7, 11) is 1.72. The Kier molecular flexibility index (Phi) is 4.99. The average Bonchev–Trinajstić information content (AvgIpc) is 2.42. The zero-order valence-electron chi connectivity index (χ0n) is 11.7. The number of nitrogens with zero attached hydrogens (tertiary/aromatic N) is 1. The van der Waals surface area contributed by atoms with Gasteiger partial charge in [0.1, 0.15) is 0 Å². The van der Waals surface area contributed by atoms with Crippen molar-refractivity contribution in [2.75, 3.05) is 12.4 Å². The van der Waals surface area contributed by atoms with E-state index < -0.39 is 0 Å². The molecule has 2 atom stereocenters. The summed E-state index contributed by atoms with van der Waals surface area (Å²) in [5, 5.41) is 14.4. The van der Waals surface area contributed by atoms with E-state index in [1.165, 1.54) is 6.42 Å². The average molecular weight is 343 g/mol. The van der Waals surface area contributed by atoms with Crippen LogP contribution in [0.3, 0.4) is 0 Å². The topological polar surface area (TPSA) is 64.4 Å². The number of halogens is 1. The largest absolute Gasteiger partial charge is 0.379 e. The van der Waals surface area contributed by atoms with E-state index in [1.807, 2.05) is 0 Å². The molecule has 0 aromatic heterocycles. The molecule has 20 heavy (non-hydrogen) atoms. The van der Waals surface area contributed by atoms with Gasteiger partial charge in [-0.3, -0.25) is 10.1 Å². The van der Waals surface area contributed by atoms with Gasteiger partial charge < -0.3 is 10.1 Å². The van der Waals surface area contributed by atoms with Crippen molar-refractivity contribution < 1.29 is 9.66 Å². The van der Waals surface area contributed by atoms with E-state index in [0.717, 1.165) is 29.4 Å². The lowest BCUT2D eigenvalue weighted by Gasteiger charge is -2.32. The molecule has 1 aromatic carbocycles. The summed E-state index contributed by atoms with van der Waals surface area (Å²) in [6.07, 6.45) is 4.54. The summed E-state index contributed by atoms with van der Waals surface area (Å²) in [4.78, 5) is 10.7.